The third-order valence-electron chi connectivity index (χ3n) is 28.1. The quantitative estimate of drug-likeness (QED) is 0.0187. The van der Waals surface area contributed by atoms with Gasteiger partial charge in [-0.2, -0.15) is 32.5 Å². The Labute approximate surface area is 817 Å². The molecular formula is C96H127Cl3F7N9O19Si4. The summed E-state index contributed by atoms with van der Waals surface area (Å²) >= 11 is 20.2. The van der Waals surface area contributed by atoms with Crippen molar-refractivity contribution in [2.45, 2.75) is 305 Å². The monoisotopic (exact) mass is 2060 g/mol. The molecule has 6 aliphatic heterocycles. The van der Waals surface area contributed by atoms with E-state index >= 15 is 8.78 Å². The Balaban J connectivity index is 0.000000152. The maximum atomic E-state index is 15.5. The first-order valence-electron chi connectivity index (χ1n) is 47.5. The van der Waals surface area contributed by atoms with Crippen molar-refractivity contribution in [2.75, 3.05) is 79.3 Å². The molecule has 3 N–H and O–H groups in total. The summed E-state index contributed by atoms with van der Waals surface area (Å²) in [4.78, 5) is 31.7. The molecule has 0 bridgehead atoms. The van der Waals surface area contributed by atoms with Gasteiger partial charge in [-0.05, 0) is 194 Å². The summed E-state index contributed by atoms with van der Waals surface area (Å²) in [5.74, 6) is -1.12. The highest BCUT2D eigenvalue weighted by Gasteiger charge is 2.56. The van der Waals surface area contributed by atoms with Crippen LogP contribution in [-0.2, 0) is 108 Å². The smallest absolute Gasteiger partial charge is 0.345 e. The van der Waals surface area contributed by atoms with Crippen LogP contribution in [0, 0.1) is 17.5 Å². The number of alkyl halides is 4. The number of fused-ring (bicyclic) bond motifs is 9. The first-order chi connectivity index (χ1) is 65.3. The Morgan fingerprint density at radius 2 is 0.826 bits per heavy atom. The molecule has 0 spiro atoms. The molecule has 0 saturated carbocycles. The van der Waals surface area contributed by atoms with Crippen LogP contribution in [0.5, 0.6) is 35.3 Å². The summed E-state index contributed by atoms with van der Waals surface area (Å²) < 4.78 is 198. The zero-order valence-corrected chi connectivity index (χ0v) is 87.1. The minimum atomic E-state index is -2.88. The zero-order valence-electron chi connectivity index (χ0n) is 80.9. The minimum absolute atomic E-state index is 0.0503. The number of aliphatic hydroxyl groups is 1. The molecule has 3 unspecified atom stereocenters. The van der Waals surface area contributed by atoms with Crippen molar-refractivity contribution in [1.82, 2.24) is 44.0 Å². The van der Waals surface area contributed by atoms with Crippen LogP contribution in [0.25, 0.3) is 33.5 Å². The molecule has 42 heteroatoms. The number of aryl methyl sites for hydroxylation is 3. The van der Waals surface area contributed by atoms with Crippen LogP contribution in [-0.4, -0.2) is 253 Å². The first kappa shape index (κ1) is 104. The van der Waals surface area contributed by atoms with Crippen LogP contribution in [0.15, 0.2) is 54.6 Å². The zero-order chi connectivity index (χ0) is 98.6. The van der Waals surface area contributed by atoms with E-state index in [0.717, 1.165) is 35.2 Å². The molecule has 6 fully saturated rings. The number of imidazole rings is 3. The molecule has 3 aliphatic carbocycles. The van der Waals surface area contributed by atoms with E-state index in [1.54, 1.807) is 36.4 Å². The number of aromatic amines is 1. The van der Waals surface area contributed by atoms with E-state index in [-0.39, 0.29) is 159 Å². The first-order valence-corrected chi connectivity index (χ1v) is 61.9. The highest BCUT2D eigenvalue weighted by molar-refractivity contribution is 6.76. The number of halogens is 10. The summed E-state index contributed by atoms with van der Waals surface area (Å²) in [6.07, 6.45) is 1.36. The van der Waals surface area contributed by atoms with Crippen molar-refractivity contribution in [3.63, 3.8) is 0 Å². The van der Waals surface area contributed by atoms with Crippen LogP contribution < -0.4 is 23.7 Å². The Hall–Kier alpha value is -6.95. The number of nitrogens with zero attached hydrogens (tertiary/aromatic N) is 8. The fourth-order valence-corrected chi connectivity index (χ4v) is 23.6. The van der Waals surface area contributed by atoms with E-state index in [9.17, 15) is 32.2 Å². The summed E-state index contributed by atoms with van der Waals surface area (Å²) in [6.45, 7) is 33.2. The molecule has 6 aromatic heterocycles. The third kappa shape index (κ3) is 24.1. The standard InChI is InChI=1S/C37H53ClF3N3O7Si2.C34H49ClFN3O6Si2.C25H25ClF3N3O6/c1-37(2,3)53(7,8)51-30-20-49-32-29(19-48-33(30)32)50-36-43-28-18-25(38)27(42-34(28)44(36)21-45-13-14-52(4,5)6)16-23-10-9-22-15-24(17-26(39)31(22)23)46-11-12-47-35(40)41;1-34(2,3)47(7,8)45-28-18-43-30-27(17-42-31(28)30)44-33-38-26-16-23(35)25(37-32(26)39(33)19-41-11-12-46(4,5)6)14-21-10-9-20-13-22(40)15-24(36)29(20)21;26-14-8-17-23(32-25(31-17)38-19-10-37-21-18(33)9-36-22(19)21)30-16(14)6-12-2-1-11-5-13(7-15(27)20(11)12)34-3-4-35-24(28)29/h15,17-18,23,29-30,32-33,35H,9-14,16,19-21H2,1-8H3;13,15-16,21,27-28,30-31,40H,9-12,14,17-19H2,1-8H3;5,7-8,12,18-19,21-22,24,33H,1-4,6,9-10H2,(H,30,31,32)/t23?,29-,30-,32-,33-;21?,27-,28-,30-,31-;12?,18-,19-,21-,22-/m111/s1. The molecule has 3 aromatic carbocycles. The second-order valence-electron chi connectivity index (χ2n) is 42.6. The lowest BCUT2D eigenvalue weighted by Gasteiger charge is -2.39. The molecule has 756 valence electrons. The average Bonchev–Trinajstić information content (AvgIpc) is 1.61. The van der Waals surface area contributed by atoms with E-state index in [0.29, 0.717) is 185 Å². The van der Waals surface area contributed by atoms with Crippen molar-refractivity contribution in [3.05, 3.63) is 138 Å². The Kier molecular flexibility index (Phi) is 32.2. The SMILES string of the molecule is CC(C)(C)[Si](C)(C)O[C@@H]1CO[C@H]2[C@@H]1OC[C@H]2Oc1nc2cc(Cl)c(CC3CCc4cc(O)cc(F)c43)nc2n1COCC[Si](C)(C)C.CC(C)(C)[Si](C)(C)O[C@@H]1CO[C@H]2[C@@H]1OC[C@H]2Oc1nc2cc(Cl)c(CC3CCc4cc(OCCOC(F)F)cc(F)c43)nc2n1COCC[Si](C)(C)C.O[C@@H]1CO[C@H]2[C@@H]1OC[C@H]2Oc1nc2nc(CC3CCc4cc(OCCOC(F)F)cc(F)c43)c(Cl)cc2[nH]1. The summed E-state index contributed by atoms with van der Waals surface area (Å²) in [5.41, 5.74) is 9.44. The van der Waals surface area contributed by atoms with Crippen molar-refractivity contribution in [3.8, 4) is 35.3 Å². The molecule has 0 amide bonds. The van der Waals surface area contributed by atoms with Gasteiger partial charge in [0.25, 0.3) is 6.01 Å². The van der Waals surface area contributed by atoms with Gasteiger partial charge in [0.2, 0.25) is 0 Å². The van der Waals surface area contributed by atoms with Gasteiger partial charge in [-0.3, -0.25) is 9.13 Å². The van der Waals surface area contributed by atoms with Gasteiger partial charge in [0, 0.05) is 47.6 Å². The minimum Gasteiger partial charge on any atom is -0.508 e. The third-order valence-corrected chi connectivity index (χ3v) is 41.5. The fraction of sp³-hybridized carbons (Fsp3) is 0.625. The number of phenolic OH excluding ortho intramolecular Hbond substituents is 1. The van der Waals surface area contributed by atoms with E-state index in [1.165, 1.54) is 18.2 Å². The van der Waals surface area contributed by atoms with Crippen LogP contribution in [0.3, 0.4) is 0 Å². The number of aromatic hydroxyl groups is 1. The number of nitrogens with one attached hydrogen (secondary N) is 1. The number of phenols is 1. The highest BCUT2D eigenvalue weighted by Crippen LogP contribution is 2.48. The maximum Gasteiger partial charge on any atom is 0.345 e. The largest absolute Gasteiger partial charge is 0.508 e. The lowest BCUT2D eigenvalue weighted by Crippen LogP contribution is -2.47. The average molecular weight is 2060 g/mol. The molecule has 9 aromatic rings. The molecule has 0 radical (unpaired) electrons. The Bertz CT molecular complexity index is 5790. The number of aliphatic hydroxyl groups excluding tert-OH is 1. The molecule has 138 heavy (non-hydrogen) atoms. The molecule has 9 aliphatic rings. The van der Waals surface area contributed by atoms with Crippen molar-refractivity contribution in [2.24, 2.45) is 0 Å². The van der Waals surface area contributed by atoms with E-state index in [4.69, 9.17) is 125 Å². The summed E-state index contributed by atoms with van der Waals surface area (Å²) in [5, 5.41) is 21.3. The molecule has 28 nitrogen and oxygen atoms in total. The van der Waals surface area contributed by atoms with Gasteiger partial charge in [0.05, 0.1) is 103 Å². The molecule has 18 rings (SSSR count). The maximum absolute atomic E-state index is 15.5. The topological polar surface area (TPSA) is 300 Å². The number of ether oxygens (including phenoxy) is 15. The van der Waals surface area contributed by atoms with Crippen LogP contribution in [0.4, 0.5) is 30.7 Å². The van der Waals surface area contributed by atoms with E-state index in [1.807, 2.05) is 9.13 Å². The molecule has 15 atom stereocenters. The normalized spacial score (nSPS) is 24.6. The fourth-order valence-electron chi connectivity index (χ4n) is 18.8. The number of hydrogen-bond acceptors (Lipinski definition) is 25. The Morgan fingerprint density at radius 1 is 0.449 bits per heavy atom. The molecular weight excluding hydrogens is 1930 g/mol. The predicted octanol–water partition coefficient (Wildman–Crippen LogP) is 19.4. The number of pyridine rings is 3. The number of H-pyrrole nitrogens is 1. The number of benzene rings is 3. The van der Waals surface area contributed by atoms with Gasteiger partial charge in [-0.25, -0.2) is 28.1 Å². The van der Waals surface area contributed by atoms with Crippen molar-refractivity contribution in [1.29, 1.82) is 0 Å². The van der Waals surface area contributed by atoms with Gasteiger partial charge in [-0.15, -0.1) is 0 Å². The van der Waals surface area contributed by atoms with Gasteiger partial charge < -0.3 is 95.1 Å². The second-order valence-corrected chi connectivity index (χ2v) is 64.6. The molecule has 6 saturated heterocycles. The summed E-state index contributed by atoms with van der Waals surface area (Å²) in [6, 6.07) is 17.1. The van der Waals surface area contributed by atoms with Crippen LogP contribution in [0.2, 0.25) is 103 Å². The van der Waals surface area contributed by atoms with Crippen LogP contribution in [0.1, 0.15) is 129 Å². The van der Waals surface area contributed by atoms with Gasteiger partial charge in [0.15, 0.2) is 51.9 Å². The van der Waals surface area contributed by atoms with Gasteiger partial charge >= 0.3 is 25.2 Å². The van der Waals surface area contributed by atoms with Crippen LogP contribution >= 0.6 is 34.8 Å². The summed E-state index contributed by atoms with van der Waals surface area (Å²) in [7, 11) is -6.72. The number of rotatable bonds is 36. The second kappa shape index (κ2) is 42.8. The van der Waals surface area contributed by atoms with Crippen molar-refractivity contribution < 1.29 is 121 Å². The van der Waals surface area contributed by atoms with E-state index < -0.39 is 82.1 Å². The predicted molar refractivity (Wildman–Crippen MR) is 514 cm³/mol. The van der Waals surface area contributed by atoms with Crippen molar-refractivity contribution >= 4 is 101 Å². The number of hydrogen-bond donors (Lipinski definition) is 3. The number of aromatic nitrogens is 9. The van der Waals surface area contributed by atoms with Gasteiger partial charge in [-0.1, -0.05) is 116 Å². The van der Waals surface area contributed by atoms with Gasteiger partial charge in [0.1, 0.15) is 115 Å². The Morgan fingerprint density at radius 3 is 1.25 bits per heavy atom. The highest BCUT2D eigenvalue weighted by atomic mass is 35.5. The lowest BCUT2D eigenvalue weighted by atomic mass is 9.95. The molecule has 12 heterocycles. The van der Waals surface area contributed by atoms with E-state index in [2.05, 4.69) is 131 Å². The lowest BCUT2D eigenvalue weighted by molar-refractivity contribution is -0.133.